The van der Waals surface area contributed by atoms with Crippen molar-refractivity contribution >= 4 is 22.5 Å². The number of carbonyl (C=O) groups is 1. The minimum Gasteiger partial charge on any atom is -0.490 e. The minimum absolute atomic E-state index is 0.0335. The fourth-order valence-electron chi connectivity index (χ4n) is 3.97. The summed E-state index contributed by atoms with van der Waals surface area (Å²) in [6, 6.07) is 15.9. The molecule has 0 aliphatic heterocycles. The summed E-state index contributed by atoms with van der Waals surface area (Å²) >= 11 is 0. The molecule has 4 rings (SSSR count). The predicted molar refractivity (Wildman–Crippen MR) is 137 cm³/mol. The van der Waals surface area contributed by atoms with Gasteiger partial charge in [0, 0.05) is 16.7 Å². The second-order valence-corrected chi connectivity index (χ2v) is 9.09. The number of fused-ring (bicyclic) bond motifs is 1. The largest absolute Gasteiger partial charge is 0.490 e. The smallest absolute Gasteiger partial charge is 0.242 e. The van der Waals surface area contributed by atoms with Crippen molar-refractivity contribution in [2.45, 2.75) is 46.0 Å². The Labute approximate surface area is 201 Å². The molecule has 1 saturated carbocycles. The quantitative estimate of drug-likeness (QED) is 0.291. The summed E-state index contributed by atoms with van der Waals surface area (Å²) in [5, 5.41) is 9.98. The molecule has 0 saturated heterocycles. The van der Waals surface area contributed by atoms with E-state index in [1.807, 2.05) is 36.4 Å². The summed E-state index contributed by atoms with van der Waals surface area (Å²) in [5.41, 5.74) is 9.59. The number of anilines is 1. The molecule has 0 radical (unpaired) electrons. The summed E-state index contributed by atoms with van der Waals surface area (Å²) in [4.78, 5) is 12.6. The fourth-order valence-corrected chi connectivity index (χ4v) is 3.97. The van der Waals surface area contributed by atoms with E-state index < -0.39 is 0 Å². The second kappa shape index (κ2) is 11.0. The number of ether oxygens (including phenoxy) is 1. The maximum Gasteiger partial charge on any atom is 0.242 e. The van der Waals surface area contributed by atoms with E-state index in [1.165, 1.54) is 11.1 Å². The number of hydrogen-bond donors (Lipinski definition) is 2. The lowest BCUT2D eigenvalue weighted by molar-refractivity contribution is -0.121. The van der Waals surface area contributed by atoms with Crippen LogP contribution in [0.1, 0.15) is 51.5 Å². The van der Waals surface area contributed by atoms with Crippen LogP contribution in [-0.4, -0.2) is 22.7 Å². The Balaban J connectivity index is 1.24. The number of hydrazine groups is 1. The summed E-state index contributed by atoms with van der Waals surface area (Å²) in [6.07, 6.45) is 9.07. The van der Waals surface area contributed by atoms with Gasteiger partial charge in [0.1, 0.15) is 12.4 Å². The lowest BCUT2D eigenvalue weighted by Crippen LogP contribution is -2.31. The molecule has 1 amide bonds. The van der Waals surface area contributed by atoms with Crippen molar-refractivity contribution in [3.8, 4) is 5.75 Å². The average Bonchev–Trinajstić information content (AvgIpc) is 3.64. The first-order valence-corrected chi connectivity index (χ1v) is 11.8. The van der Waals surface area contributed by atoms with Crippen molar-refractivity contribution in [1.82, 2.24) is 15.6 Å². The van der Waals surface area contributed by atoms with Crippen LogP contribution in [0.3, 0.4) is 0 Å². The Morgan fingerprint density at radius 2 is 1.88 bits per heavy atom. The van der Waals surface area contributed by atoms with Gasteiger partial charge in [-0.25, -0.2) is 0 Å². The number of nitrogens with zero attached hydrogens (tertiary/aromatic N) is 2. The number of benzene rings is 2. The molecule has 0 bridgehead atoms. The van der Waals surface area contributed by atoms with Crippen LogP contribution in [0.25, 0.3) is 10.8 Å². The van der Waals surface area contributed by atoms with E-state index in [0.29, 0.717) is 12.4 Å². The third-order valence-corrected chi connectivity index (χ3v) is 6.08. The zero-order valence-electron chi connectivity index (χ0n) is 20.0. The average molecular weight is 457 g/mol. The monoisotopic (exact) mass is 456 g/mol. The lowest BCUT2D eigenvalue weighted by atomic mass is 10.1. The van der Waals surface area contributed by atoms with E-state index in [9.17, 15) is 4.79 Å². The molecule has 1 aromatic heterocycles. The Kier molecular flexibility index (Phi) is 7.58. The molecule has 1 fully saturated rings. The van der Waals surface area contributed by atoms with Crippen molar-refractivity contribution < 1.29 is 9.53 Å². The van der Waals surface area contributed by atoms with E-state index in [0.717, 1.165) is 41.3 Å². The normalized spacial score (nSPS) is 17.2. The van der Waals surface area contributed by atoms with Gasteiger partial charge >= 0.3 is 0 Å². The lowest BCUT2D eigenvalue weighted by Gasteiger charge is -2.09. The third-order valence-electron chi connectivity index (χ3n) is 6.08. The highest BCUT2D eigenvalue weighted by atomic mass is 16.5. The van der Waals surface area contributed by atoms with Gasteiger partial charge < -0.3 is 4.74 Å². The number of rotatable bonds is 10. The highest BCUT2D eigenvalue weighted by Crippen LogP contribution is 2.47. The minimum atomic E-state index is -0.0476. The van der Waals surface area contributed by atoms with Gasteiger partial charge in [-0.05, 0) is 69.7 Å². The maximum absolute atomic E-state index is 12.6. The third kappa shape index (κ3) is 6.22. The maximum atomic E-state index is 12.6. The highest BCUT2D eigenvalue weighted by Gasteiger charge is 2.44. The van der Waals surface area contributed by atoms with Gasteiger partial charge in [0.25, 0.3) is 0 Å². The molecule has 1 aliphatic carbocycles. The van der Waals surface area contributed by atoms with E-state index in [4.69, 9.17) is 4.74 Å². The first-order valence-electron chi connectivity index (χ1n) is 11.8. The number of amides is 1. The molecule has 176 valence electrons. The molecule has 3 aromatic rings. The van der Waals surface area contributed by atoms with Crippen LogP contribution < -0.4 is 15.6 Å². The molecular weight excluding hydrogens is 424 g/mol. The molecule has 0 spiro atoms. The SMILES string of the molecule is CC(C)=CCC/C(C)=C/COc1ccc(C2CC2C(=O)NNc2nncc3ccccc23)cc1. The first kappa shape index (κ1) is 23.5. The number of carbonyl (C=O) groups excluding carboxylic acids is 1. The van der Waals surface area contributed by atoms with Crippen LogP contribution in [0.4, 0.5) is 5.82 Å². The van der Waals surface area contributed by atoms with Gasteiger partial charge in [-0.3, -0.25) is 15.6 Å². The summed E-state index contributed by atoms with van der Waals surface area (Å²) in [6.45, 7) is 6.96. The van der Waals surface area contributed by atoms with Crippen molar-refractivity contribution in [2.75, 3.05) is 12.0 Å². The summed E-state index contributed by atoms with van der Waals surface area (Å²) in [5.74, 6) is 1.54. The Hall–Kier alpha value is -3.67. The molecule has 6 heteroatoms. The van der Waals surface area contributed by atoms with Crippen molar-refractivity contribution in [3.63, 3.8) is 0 Å². The molecule has 2 unspecified atom stereocenters. The summed E-state index contributed by atoms with van der Waals surface area (Å²) in [7, 11) is 0. The van der Waals surface area contributed by atoms with Gasteiger partial charge in [-0.15, -0.1) is 5.10 Å². The predicted octanol–water partition coefficient (Wildman–Crippen LogP) is 5.95. The molecule has 2 N–H and O–H groups in total. The number of hydrogen-bond acceptors (Lipinski definition) is 5. The standard InChI is InChI=1S/C28H32N4O2/c1-19(2)7-6-8-20(3)15-16-34-23-13-11-21(12-14-23)25-17-26(25)28(33)32-31-27-24-10-5-4-9-22(24)18-29-30-27/h4-5,7,9-15,18,25-26H,6,8,16-17H2,1-3H3,(H,30,31)(H,32,33)/b20-15+. The van der Waals surface area contributed by atoms with Crippen molar-refractivity contribution in [3.05, 3.63) is 83.6 Å². The first-order chi connectivity index (χ1) is 16.5. The van der Waals surface area contributed by atoms with E-state index >= 15 is 0 Å². The summed E-state index contributed by atoms with van der Waals surface area (Å²) < 4.78 is 5.86. The molecule has 34 heavy (non-hydrogen) atoms. The van der Waals surface area contributed by atoms with Crippen LogP contribution in [0.5, 0.6) is 5.75 Å². The van der Waals surface area contributed by atoms with Crippen LogP contribution in [0.2, 0.25) is 0 Å². The molecule has 1 heterocycles. The Morgan fingerprint density at radius 1 is 1.09 bits per heavy atom. The number of aromatic nitrogens is 2. The fraction of sp³-hybridized carbons (Fsp3) is 0.321. The Morgan fingerprint density at radius 3 is 2.68 bits per heavy atom. The highest BCUT2D eigenvalue weighted by molar-refractivity contribution is 5.92. The van der Waals surface area contributed by atoms with Crippen LogP contribution >= 0.6 is 0 Å². The van der Waals surface area contributed by atoms with Crippen molar-refractivity contribution in [1.29, 1.82) is 0 Å². The van der Waals surface area contributed by atoms with Gasteiger partial charge in [-0.2, -0.15) is 5.10 Å². The molecule has 6 nitrogen and oxygen atoms in total. The van der Waals surface area contributed by atoms with Gasteiger partial charge in [0.05, 0.1) is 6.20 Å². The zero-order chi connectivity index (χ0) is 23.9. The second-order valence-electron chi connectivity index (χ2n) is 9.09. The van der Waals surface area contributed by atoms with Crippen LogP contribution in [-0.2, 0) is 4.79 Å². The number of nitrogens with one attached hydrogen (secondary N) is 2. The van der Waals surface area contributed by atoms with Crippen LogP contribution in [0.15, 0.2) is 78.0 Å². The molecule has 1 aliphatic rings. The Bertz CT molecular complexity index is 1190. The number of allylic oxidation sites excluding steroid dienone is 3. The zero-order valence-corrected chi connectivity index (χ0v) is 20.0. The van der Waals surface area contributed by atoms with Gasteiger partial charge in [-0.1, -0.05) is 53.6 Å². The molecule has 2 atom stereocenters. The van der Waals surface area contributed by atoms with Crippen molar-refractivity contribution in [2.24, 2.45) is 5.92 Å². The van der Waals surface area contributed by atoms with E-state index in [2.05, 4.69) is 66.1 Å². The van der Waals surface area contributed by atoms with E-state index in [1.54, 1.807) is 6.20 Å². The molecular formula is C28H32N4O2. The van der Waals surface area contributed by atoms with Gasteiger partial charge in [0.2, 0.25) is 5.91 Å². The van der Waals surface area contributed by atoms with Gasteiger partial charge in [0.15, 0.2) is 5.82 Å². The topological polar surface area (TPSA) is 76.1 Å². The van der Waals surface area contributed by atoms with Crippen LogP contribution in [0, 0.1) is 5.92 Å². The van der Waals surface area contributed by atoms with E-state index in [-0.39, 0.29) is 17.7 Å². The molecule has 2 aromatic carbocycles.